The predicted octanol–water partition coefficient (Wildman–Crippen LogP) is 5.63. The van der Waals surface area contributed by atoms with E-state index in [1.165, 1.54) is 17.2 Å². The molecule has 0 radical (unpaired) electrons. The molecule has 1 aliphatic carbocycles. The number of carbonyl (C=O) groups excluding carboxylic acids is 3. The molecule has 0 aromatic heterocycles. The number of halogens is 1. The van der Waals surface area contributed by atoms with Gasteiger partial charge in [-0.3, -0.25) is 14.4 Å². The molecule has 0 saturated heterocycles. The maximum Gasteiger partial charge on any atom is 0.314 e. The van der Waals surface area contributed by atoms with Crippen molar-refractivity contribution in [2.45, 2.75) is 58.8 Å². The summed E-state index contributed by atoms with van der Waals surface area (Å²) in [6, 6.07) is 15.7. The molecular weight excluding hydrogens is 549 g/mol. The second-order valence-electron chi connectivity index (χ2n) is 11.3. The smallest absolute Gasteiger partial charge is 0.314 e. The van der Waals surface area contributed by atoms with Crippen LogP contribution in [0.1, 0.15) is 68.9 Å². The molecule has 3 aromatic rings. The average Bonchev–Trinajstić information content (AvgIpc) is 3.38. The number of ketones is 1. The van der Waals surface area contributed by atoms with Crippen molar-refractivity contribution >= 4 is 29.4 Å². The van der Waals surface area contributed by atoms with Crippen LogP contribution in [0.2, 0.25) is 0 Å². The number of rotatable bonds is 12. The van der Waals surface area contributed by atoms with Crippen LogP contribution in [0.3, 0.4) is 0 Å². The molecule has 9 heteroatoms. The first-order chi connectivity index (χ1) is 20.5. The van der Waals surface area contributed by atoms with Crippen LogP contribution in [0.4, 0.5) is 14.9 Å². The molecule has 1 aliphatic rings. The van der Waals surface area contributed by atoms with Gasteiger partial charge in [0, 0.05) is 36.7 Å². The van der Waals surface area contributed by atoms with Crippen LogP contribution in [0.5, 0.6) is 0 Å². The molecular formula is C34H38FN3O5. The van der Waals surface area contributed by atoms with Gasteiger partial charge in [-0.15, -0.1) is 0 Å². The van der Waals surface area contributed by atoms with Crippen molar-refractivity contribution in [1.29, 1.82) is 0 Å². The SMILES string of the molecule is Cc1cc(CC(=O)Nc2ccc(C)c(C(=O)CC[C@@H](CNC(=O)NCC3CCc4ccccc43)C(=O)O)c2C)ccc1F. The summed E-state index contributed by atoms with van der Waals surface area (Å²) < 4.78 is 13.6. The summed E-state index contributed by atoms with van der Waals surface area (Å²) in [5.74, 6) is -2.68. The van der Waals surface area contributed by atoms with Crippen molar-refractivity contribution in [1.82, 2.24) is 10.6 Å². The molecule has 2 atom stereocenters. The van der Waals surface area contributed by atoms with Gasteiger partial charge in [-0.05, 0) is 85.5 Å². The standard InChI is InChI=1S/C34H38FN3O5/c1-20-8-14-29(38-31(40)17-23-9-13-28(35)21(2)16-23)22(3)32(20)30(39)15-12-26(33(41)42)19-37-34(43)36-18-25-11-10-24-6-4-5-7-27(24)25/h4-9,13-14,16,25-26H,10-12,15,17-19H2,1-3H3,(H,38,40)(H,41,42)(H2,36,37,43)/t25?,26-/m0/s1. The van der Waals surface area contributed by atoms with E-state index < -0.39 is 17.9 Å². The highest BCUT2D eigenvalue weighted by Gasteiger charge is 2.24. The number of carboxylic acids is 1. The van der Waals surface area contributed by atoms with E-state index >= 15 is 0 Å². The van der Waals surface area contributed by atoms with Crippen LogP contribution in [0, 0.1) is 32.5 Å². The maximum atomic E-state index is 13.6. The van der Waals surface area contributed by atoms with Gasteiger partial charge in [0.2, 0.25) is 5.91 Å². The van der Waals surface area contributed by atoms with Crippen LogP contribution in [-0.2, 0) is 22.4 Å². The lowest BCUT2D eigenvalue weighted by atomic mass is 9.92. The Balaban J connectivity index is 1.30. The fourth-order valence-electron chi connectivity index (χ4n) is 5.70. The minimum absolute atomic E-state index is 0.0347. The summed E-state index contributed by atoms with van der Waals surface area (Å²) in [6.07, 6.45) is 1.99. The fraction of sp³-hybridized carbons (Fsp3) is 0.353. The maximum absolute atomic E-state index is 13.6. The lowest BCUT2D eigenvalue weighted by molar-refractivity contribution is -0.141. The number of anilines is 1. The van der Waals surface area contributed by atoms with Crippen molar-refractivity contribution in [2.75, 3.05) is 18.4 Å². The van der Waals surface area contributed by atoms with Crippen LogP contribution >= 0.6 is 0 Å². The third-order valence-corrected chi connectivity index (χ3v) is 8.16. The average molecular weight is 588 g/mol. The normalized spacial score (nSPS) is 14.5. The number of Topliss-reactive ketones (excluding diaryl/α,β-unsaturated/α-hetero) is 1. The van der Waals surface area contributed by atoms with Crippen molar-refractivity contribution in [3.63, 3.8) is 0 Å². The molecule has 0 spiro atoms. The van der Waals surface area contributed by atoms with Gasteiger partial charge in [0.1, 0.15) is 5.82 Å². The number of urea groups is 1. The number of benzene rings is 3. The molecule has 0 aliphatic heterocycles. The topological polar surface area (TPSA) is 125 Å². The molecule has 0 fully saturated rings. The molecule has 226 valence electrons. The van der Waals surface area contributed by atoms with Crippen molar-refractivity contribution in [3.8, 4) is 0 Å². The first-order valence-corrected chi connectivity index (χ1v) is 14.5. The van der Waals surface area contributed by atoms with Crippen molar-refractivity contribution < 1.29 is 28.7 Å². The number of fused-ring (bicyclic) bond motifs is 1. The number of amides is 3. The van der Waals surface area contributed by atoms with Crippen LogP contribution in [0.25, 0.3) is 0 Å². The quantitative estimate of drug-likeness (QED) is 0.205. The molecule has 0 heterocycles. The Morgan fingerprint density at radius 3 is 2.49 bits per heavy atom. The molecule has 4 N–H and O–H groups in total. The number of hydrogen-bond acceptors (Lipinski definition) is 4. The van der Waals surface area contributed by atoms with Gasteiger partial charge >= 0.3 is 12.0 Å². The highest BCUT2D eigenvalue weighted by Crippen LogP contribution is 2.32. The number of carboxylic acid groups (broad SMARTS) is 1. The minimum Gasteiger partial charge on any atom is -0.481 e. The molecule has 3 amide bonds. The van der Waals surface area contributed by atoms with Gasteiger partial charge in [-0.1, -0.05) is 42.5 Å². The fourth-order valence-corrected chi connectivity index (χ4v) is 5.70. The van der Waals surface area contributed by atoms with E-state index in [0.29, 0.717) is 40.0 Å². The Hall–Kier alpha value is -4.53. The van der Waals surface area contributed by atoms with Gasteiger partial charge in [0.15, 0.2) is 5.78 Å². The number of nitrogens with one attached hydrogen (secondary N) is 3. The predicted molar refractivity (Wildman–Crippen MR) is 163 cm³/mol. The van der Waals surface area contributed by atoms with E-state index in [4.69, 9.17) is 0 Å². The molecule has 4 rings (SSSR count). The monoisotopic (exact) mass is 587 g/mol. The van der Waals surface area contributed by atoms with E-state index in [2.05, 4.69) is 28.1 Å². The Labute approximate surface area is 251 Å². The van der Waals surface area contributed by atoms with Gasteiger partial charge in [-0.2, -0.15) is 0 Å². The molecule has 0 bridgehead atoms. The summed E-state index contributed by atoms with van der Waals surface area (Å²) in [5, 5.41) is 18.1. The molecule has 0 saturated carbocycles. The van der Waals surface area contributed by atoms with Gasteiger partial charge < -0.3 is 21.1 Å². The van der Waals surface area contributed by atoms with E-state index in [0.717, 1.165) is 12.8 Å². The van der Waals surface area contributed by atoms with Crippen molar-refractivity contribution in [3.05, 3.63) is 99.4 Å². The summed E-state index contributed by atoms with van der Waals surface area (Å²) in [6.45, 7) is 5.52. The summed E-state index contributed by atoms with van der Waals surface area (Å²) in [7, 11) is 0. The van der Waals surface area contributed by atoms with E-state index in [1.807, 2.05) is 12.1 Å². The highest BCUT2D eigenvalue weighted by molar-refractivity contribution is 6.02. The van der Waals surface area contributed by atoms with E-state index in [-0.39, 0.29) is 49.2 Å². The number of hydrogen-bond donors (Lipinski definition) is 4. The summed E-state index contributed by atoms with van der Waals surface area (Å²) in [5.41, 5.74) is 5.88. The number of carbonyl (C=O) groups is 4. The second kappa shape index (κ2) is 14.1. The van der Waals surface area contributed by atoms with Crippen LogP contribution in [-0.4, -0.2) is 41.9 Å². The second-order valence-corrected chi connectivity index (χ2v) is 11.3. The van der Waals surface area contributed by atoms with Crippen LogP contribution in [0.15, 0.2) is 54.6 Å². The number of aryl methyl sites for hydroxylation is 3. The zero-order chi connectivity index (χ0) is 31.1. The zero-order valence-electron chi connectivity index (χ0n) is 24.8. The summed E-state index contributed by atoms with van der Waals surface area (Å²) in [4.78, 5) is 50.3. The van der Waals surface area contributed by atoms with Gasteiger partial charge in [0.05, 0.1) is 12.3 Å². The zero-order valence-corrected chi connectivity index (χ0v) is 24.8. The van der Waals surface area contributed by atoms with E-state index in [9.17, 15) is 28.7 Å². The highest BCUT2D eigenvalue weighted by atomic mass is 19.1. The molecule has 3 aromatic carbocycles. The Bertz CT molecular complexity index is 1540. The lowest BCUT2D eigenvalue weighted by Crippen LogP contribution is -2.41. The van der Waals surface area contributed by atoms with Crippen molar-refractivity contribution in [2.24, 2.45) is 5.92 Å². The Kier molecular flexibility index (Phi) is 10.3. The molecule has 1 unspecified atom stereocenters. The van der Waals surface area contributed by atoms with Gasteiger partial charge in [-0.25, -0.2) is 9.18 Å². The minimum atomic E-state index is -1.09. The number of aliphatic carboxylic acids is 1. The molecule has 43 heavy (non-hydrogen) atoms. The first-order valence-electron chi connectivity index (χ1n) is 14.5. The van der Waals surface area contributed by atoms with Gasteiger partial charge in [0.25, 0.3) is 0 Å². The van der Waals surface area contributed by atoms with E-state index in [1.54, 1.807) is 45.0 Å². The largest absolute Gasteiger partial charge is 0.481 e. The molecule has 8 nitrogen and oxygen atoms in total. The third kappa shape index (κ3) is 8.06. The Morgan fingerprint density at radius 2 is 1.74 bits per heavy atom. The third-order valence-electron chi connectivity index (χ3n) is 8.16. The lowest BCUT2D eigenvalue weighted by Gasteiger charge is -2.17. The van der Waals surface area contributed by atoms with Crippen LogP contribution < -0.4 is 16.0 Å². The summed E-state index contributed by atoms with van der Waals surface area (Å²) >= 11 is 0. The first kappa shape index (κ1) is 31.4. The Morgan fingerprint density at radius 1 is 0.977 bits per heavy atom.